The normalized spacial score (nSPS) is 11.9. The van der Waals surface area contributed by atoms with Crippen LogP contribution in [0.1, 0.15) is 39.0 Å². The van der Waals surface area contributed by atoms with Gasteiger partial charge in [0.2, 0.25) is 0 Å². The molecule has 1 rings (SSSR count). The number of nitrogens with zero attached hydrogens (tertiary/aromatic N) is 1. The van der Waals surface area contributed by atoms with Crippen LogP contribution in [0.2, 0.25) is 0 Å². The van der Waals surface area contributed by atoms with Gasteiger partial charge in [-0.2, -0.15) is 0 Å². The molecule has 2 N–H and O–H groups in total. The van der Waals surface area contributed by atoms with Crippen molar-refractivity contribution in [2.75, 3.05) is 27.2 Å². The number of hydrogen-bond acceptors (Lipinski definition) is 4. The van der Waals surface area contributed by atoms with Crippen LogP contribution in [0.4, 0.5) is 4.39 Å². The Hall–Kier alpha value is -1.58. The average Bonchev–Trinajstić information content (AvgIpc) is 2.65. The molecule has 0 heterocycles. The molecule has 0 saturated heterocycles. The van der Waals surface area contributed by atoms with Gasteiger partial charge < -0.3 is 20.1 Å². The molecule has 154 valence electrons. The topological polar surface area (TPSA) is 72.0 Å². The summed E-state index contributed by atoms with van der Waals surface area (Å²) in [5.74, 6) is 0.411. The van der Waals surface area contributed by atoms with Crippen molar-refractivity contribution in [3.05, 3.63) is 30.1 Å². The molecule has 0 aliphatic rings. The summed E-state index contributed by atoms with van der Waals surface area (Å²) >= 11 is 0. The van der Waals surface area contributed by atoms with Crippen LogP contribution in [-0.2, 0) is 9.53 Å². The highest BCUT2D eigenvalue weighted by atomic mass is 127. The predicted molar refractivity (Wildman–Crippen MR) is 116 cm³/mol. The fourth-order valence-electron chi connectivity index (χ4n) is 2.32. The lowest BCUT2D eigenvalue weighted by Crippen LogP contribution is -2.42. The Morgan fingerprint density at radius 1 is 1.19 bits per heavy atom. The highest BCUT2D eigenvalue weighted by Crippen LogP contribution is 2.16. The van der Waals surface area contributed by atoms with Crippen LogP contribution in [0, 0.1) is 5.82 Å². The van der Waals surface area contributed by atoms with Crippen LogP contribution in [-0.4, -0.2) is 45.3 Å². The molecule has 0 aromatic heterocycles. The average molecular weight is 495 g/mol. The number of hydrogen-bond donors (Lipinski definition) is 2. The van der Waals surface area contributed by atoms with Crippen molar-refractivity contribution < 1.29 is 18.7 Å². The highest BCUT2D eigenvalue weighted by molar-refractivity contribution is 14.0. The van der Waals surface area contributed by atoms with E-state index in [0.29, 0.717) is 18.9 Å². The second-order valence-corrected chi connectivity index (χ2v) is 5.98. The lowest BCUT2D eigenvalue weighted by molar-refractivity contribution is -0.140. The molecule has 0 bridgehead atoms. The molecule has 1 aromatic rings. The van der Waals surface area contributed by atoms with Crippen molar-refractivity contribution in [2.45, 2.75) is 45.1 Å². The van der Waals surface area contributed by atoms with Gasteiger partial charge in [-0.1, -0.05) is 25.0 Å². The second-order valence-electron chi connectivity index (χ2n) is 5.98. The van der Waals surface area contributed by atoms with Crippen molar-refractivity contribution >= 4 is 35.9 Å². The van der Waals surface area contributed by atoms with Gasteiger partial charge in [0.1, 0.15) is 6.10 Å². The summed E-state index contributed by atoms with van der Waals surface area (Å²) in [7, 11) is 3.11. The van der Waals surface area contributed by atoms with Crippen LogP contribution in [0.25, 0.3) is 0 Å². The van der Waals surface area contributed by atoms with E-state index in [1.807, 2.05) is 6.92 Å². The number of unbranched alkanes of at least 4 members (excludes halogenated alkanes) is 3. The number of methoxy groups -OCH3 is 1. The molecule has 0 fully saturated rings. The molecule has 1 atom stereocenters. The summed E-state index contributed by atoms with van der Waals surface area (Å²) < 4.78 is 23.8. The molecule has 1 unspecified atom stereocenters. The number of esters is 1. The minimum absolute atomic E-state index is 0. The summed E-state index contributed by atoms with van der Waals surface area (Å²) in [5.41, 5.74) is 0. The maximum absolute atomic E-state index is 13.6. The lowest BCUT2D eigenvalue weighted by atomic mass is 10.1. The number of carbonyl (C=O) groups is 1. The van der Waals surface area contributed by atoms with Gasteiger partial charge in [-0.15, -0.1) is 24.0 Å². The van der Waals surface area contributed by atoms with E-state index in [0.717, 1.165) is 32.2 Å². The Morgan fingerprint density at radius 2 is 1.89 bits per heavy atom. The first kappa shape index (κ1) is 25.4. The van der Waals surface area contributed by atoms with Gasteiger partial charge in [-0.05, 0) is 31.9 Å². The van der Waals surface area contributed by atoms with Crippen LogP contribution >= 0.6 is 24.0 Å². The number of benzene rings is 1. The molecule has 6 nitrogen and oxygen atoms in total. The summed E-state index contributed by atoms with van der Waals surface area (Å²) in [6.07, 6.45) is 4.15. The van der Waals surface area contributed by atoms with Gasteiger partial charge in [-0.25, -0.2) is 4.39 Å². The molecule has 0 aliphatic heterocycles. The zero-order valence-corrected chi connectivity index (χ0v) is 18.6. The second kappa shape index (κ2) is 15.5. The lowest BCUT2D eigenvalue weighted by Gasteiger charge is -2.18. The molecule has 8 heteroatoms. The van der Waals surface area contributed by atoms with Gasteiger partial charge >= 0.3 is 5.97 Å². The Bertz CT molecular complexity index is 573. The molecule has 0 amide bonds. The summed E-state index contributed by atoms with van der Waals surface area (Å²) in [5, 5.41) is 6.39. The maximum atomic E-state index is 13.6. The van der Waals surface area contributed by atoms with E-state index in [2.05, 4.69) is 20.4 Å². The van der Waals surface area contributed by atoms with Gasteiger partial charge in [0.15, 0.2) is 17.5 Å². The van der Waals surface area contributed by atoms with Crippen molar-refractivity contribution in [1.29, 1.82) is 0 Å². The molecular formula is C19H31FIN3O3. The molecule has 1 aromatic carbocycles. The predicted octanol–water partition coefficient (Wildman–Crippen LogP) is 3.50. The van der Waals surface area contributed by atoms with E-state index < -0.39 is 0 Å². The highest BCUT2D eigenvalue weighted by Gasteiger charge is 2.08. The third-order valence-electron chi connectivity index (χ3n) is 3.77. The van der Waals surface area contributed by atoms with Crippen LogP contribution in [0.15, 0.2) is 29.3 Å². The fourth-order valence-corrected chi connectivity index (χ4v) is 2.32. The smallest absolute Gasteiger partial charge is 0.305 e. The van der Waals surface area contributed by atoms with Crippen molar-refractivity contribution in [1.82, 2.24) is 10.6 Å². The SMILES string of the molecule is CN=C(NCCCCCCC(=O)OC)NCC(C)Oc1ccccc1F.I. The van der Waals surface area contributed by atoms with Crippen molar-refractivity contribution in [2.24, 2.45) is 4.99 Å². The van der Waals surface area contributed by atoms with Crippen LogP contribution in [0.3, 0.4) is 0 Å². The Kier molecular flexibility index (Phi) is 14.6. The number of ether oxygens (including phenoxy) is 2. The number of para-hydroxylation sites is 1. The largest absolute Gasteiger partial charge is 0.486 e. The fraction of sp³-hybridized carbons (Fsp3) is 0.579. The molecule has 0 saturated carbocycles. The Morgan fingerprint density at radius 3 is 2.56 bits per heavy atom. The standard InChI is InChI=1S/C19H30FN3O3.HI/c1-15(26-17-11-8-7-10-16(17)20)14-23-19(21-2)22-13-9-5-4-6-12-18(24)25-3;/h7-8,10-11,15H,4-6,9,12-14H2,1-3H3,(H2,21,22,23);1H. The minimum atomic E-state index is -0.367. The van der Waals surface area contributed by atoms with E-state index in [9.17, 15) is 9.18 Å². The van der Waals surface area contributed by atoms with Crippen LogP contribution < -0.4 is 15.4 Å². The summed E-state index contributed by atoms with van der Waals surface area (Å²) in [6.45, 7) is 3.17. The van der Waals surface area contributed by atoms with Crippen LogP contribution in [0.5, 0.6) is 5.75 Å². The monoisotopic (exact) mass is 495 g/mol. The number of guanidine groups is 1. The first-order valence-electron chi connectivity index (χ1n) is 8.99. The first-order chi connectivity index (χ1) is 12.6. The van der Waals surface area contributed by atoms with E-state index in [1.165, 1.54) is 13.2 Å². The van der Waals surface area contributed by atoms with E-state index in [-0.39, 0.29) is 47.6 Å². The Labute approximate surface area is 178 Å². The number of rotatable bonds is 11. The summed E-state index contributed by atoms with van der Waals surface area (Å²) in [4.78, 5) is 15.2. The number of nitrogens with one attached hydrogen (secondary N) is 2. The molecular weight excluding hydrogens is 464 g/mol. The van der Waals surface area contributed by atoms with Gasteiger partial charge in [-0.3, -0.25) is 9.79 Å². The van der Waals surface area contributed by atoms with Crippen molar-refractivity contribution in [3.8, 4) is 5.75 Å². The zero-order valence-electron chi connectivity index (χ0n) is 16.3. The maximum Gasteiger partial charge on any atom is 0.305 e. The van der Waals surface area contributed by atoms with Gasteiger partial charge in [0.25, 0.3) is 0 Å². The third kappa shape index (κ3) is 11.7. The summed E-state index contributed by atoms with van der Waals surface area (Å²) in [6, 6.07) is 6.36. The number of aliphatic imine (C=N–C) groups is 1. The van der Waals surface area contributed by atoms with Gasteiger partial charge in [0, 0.05) is 20.0 Å². The number of halogens is 2. The first-order valence-corrected chi connectivity index (χ1v) is 8.99. The third-order valence-corrected chi connectivity index (χ3v) is 3.77. The minimum Gasteiger partial charge on any atom is -0.486 e. The molecule has 0 aliphatic carbocycles. The number of carbonyl (C=O) groups excluding carboxylic acids is 1. The zero-order chi connectivity index (χ0) is 19.2. The molecule has 0 spiro atoms. The quantitative estimate of drug-likeness (QED) is 0.162. The van der Waals surface area contributed by atoms with E-state index >= 15 is 0 Å². The molecule has 27 heavy (non-hydrogen) atoms. The van der Waals surface area contributed by atoms with Gasteiger partial charge in [0.05, 0.1) is 13.7 Å². The van der Waals surface area contributed by atoms with E-state index in [4.69, 9.17) is 4.74 Å². The molecule has 0 radical (unpaired) electrons. The van der Waals surface area contributed by atoms with E-state index in [1.54, 1.807) is 25.2 Å². The van der Waals surface area contributed by atoms with Crippen molar-refractivity contribution in [3.63, 3.8) is 0 Å². The Balaban J connectivity index is 0.00000676.